The van der Waals surface area contributed by atoms with Crippen molar-refractivity contribution in [1.29, 1.82) is 0 Å². The summed E-state index contributed by atoms with van der Waals surface area (Å²) in [5.74, 6) is 0. The Morgan fingerprint density at radius 2 is 1.89 bits per heavy atom. The van der Waals surface area contributed by atoms with E-state index in [0.29, 0.717) is 0 Å². The molecule has 3 nitrogen and oxygen atoms in total. The minimum absolute atomic E-state index is 0. The van der Waals surface area contributed by atoms with Crippen LogP contribution < -0.4 is 24.6 Å². The Labute approximate surface area is 68.2 Å². The average molecular weight is 122 g/mol. The smallest absolute Gasteiger partial charge is 1.00 e. The Hall–Kier alpha value is -0.133. The largest absolute Gasteiger partial charge is 1.00 e. The third kappa shape index (κ3) is 2.29. The van der Waals surface area contributed by atoms with E-state index in [1.165, 1.54) is 0 Å². The summed E-state index contributed by atoms with van der Waals surface area (Å²) < 4.78 is 0. The summed E-state index contributed by atoms with van der Waals surface area (Å²) in [7, 11) is 0. The van der Waals surface area contributed by atoms with Crippen LogP contribution in [0.1, 0.15) is 14.3 Å². The first-order chi connectivity index (χ1) is 3.80. The molecule has 0 aromatic heterocycles. The number of carbonyl (C=O) groups is 1. The zero-order valence-corrected chi connectivity index (χ0v) is 5.76. The van der Waals surface area contributed by atoms with Gasteiger partial charge in [0.1, 0.15) is 0 Å². The van der Waals surface area contributed by atoms with Crippen LogP contribution in [-0.2, 0) is 0 Å². The molecule has 4 heteroatoms. The van der Waals surface area contributed by atoms with E-state index in [2.05, 4.69) is 0 Å². The number of rotatable bonds is 0. The first-order valence-corrected chi connectivity index (χ1v) is 2.85. The third-order valence-corrected chi connectivity index (χ3v) is 1.42. The number of hydrogen-bond donors (Lipinski definition) is 1. The number of nitrogens with zero attached hydrogens (tertiary/aromatic N) is 1. The van der Waals surface area contributed by atoms with Crippen LogP contribution in [0.5, 0.6) is 0 Å². The van der Waals surface area contributed by atoms with Gasteiger partial charge in [-0.05, 0) is 12.8 Å². The molecule has 9 heavy (non-hydrogen) atoms. The van der Waals surface area contributed by atoms with Crippen molar-refractivity contribution in [3.8, 4) is 0 Å². The van der Waals surface area contributed by atoms with Gasteiger partial charge in [-0.3, -0.25) is 0 Å². The summed E-state index contributed by atoms with van der Waals surface area (Å²) in [6.45, 7) is 1.71. The molecule has 0 saturated carbocycles. The van der Waals surface area contributed by atoms with Gasteiger partial charge in [-0.2, -0.15) is 0 Å². The SMILES string of the molecule is NC(=O)N1CCCC1.[H-].[Li+]. The van der Waals surface area contributed by atoms with Crippen LogP contribution >= 0.6 is 0 Å². The molecule has 1 aliphatic rings. The quantitative estimate of drug-likeness (QED) is 0.348. The Kier molecular flexibility index (Phi) is 3.75. The summed E-state index contributed by atoms with van der Waals surface area (Å²) in [5, 5.41) is 0. The molecule has 0 aliphatic carbocycles. The van der Waals surface area contributed by atoms with Crippen LogP contribution in [-0.4, -0.2) is 24.0 Å². The van der Waals surface area contributed by atoms with Crippen molar-refractivity contribution in [1.82, 2.24) is 4.90 Å². The molecular formula is C5H11LiN2O. The molecular weight excluding hydrogens is 111 g/mol. The molecule has 0 aromatic rings. The number of nitrogens with two attached hydrogens (primary N) is 1. The number of urea groups is 1. The predicted octanol–water partition coefficient (Wildman–Crippen LogP) is -2.72. The van der Waals surface area contributed by atoms with Gasteiger partial charge in [-0.25, -0.2) is 4.79 Å². The molecule has 0 atom stereocenters. The van der Waals surface area contributed by atoms with Gasteiger partial charge in [0.05, 0.1) is 0 Å². The maximum atomic E-state index is 10.3. The van der Waals surface area contributed by atoms with E-state index >= 15 is 0 Å². The maximum Gasteiger partial charge on any atom is 1.00 e. The third-order valence-electron chi connectivity index (χ3n) is 1.42. The second-order valence-corrected chi connectivity index (χ2v) is 2.03. The van der Waals surface area contributed by atoms with Crippen molar-refractivity contribution in [2.24, 2.45) is 5.73 Å². The van der Waals surface area contributed by atoms with Gasteiger partial charge in [0.25, 0.3) is 0 Å². The Balaban J connectivity index is 0. The number of carbonyl (C=O) groups excluding carboxylic acids is 1. The standard InChI is InChI=1S/C5H10N2O.Li.H/c6-5(8)7-3-1-2-4-7;;/h1-4H2,(H2,6,8);;/q;+1;-1. The summed E-state index contributed by atoms with van der Waals surface area (Å²) in [5.41, 5.74) is 4.98. The van der Waals surface area contributed by atoms with E-state index in [0.717, 1.165) is 25.9 Å². The van der Waals surface area contributed by atoms with Gasteiger partial charge in [0, 0.05) is 13.1 Å². The molecule has 2 amide bonds. The first kappa shape index (κ1) is 8.87. The summed E-state index contributed by atoms with van der Waals surface area (Å²) in [4.78, 5) is 12.0. The van der Waals surface area contributed by atoms with Crippen molar-refractivity contribution in [3.63, 3.8) is 0 Å². The number of primary amides is 1. The second-order valence-electron chi connectivity index (χ2n) is 2.03. The molecule has 0 aromatic carbocycles. The Morgan fingerprint density at radius 1 is 1.44 bits per heavy atom. The topological polar surface area (TPSA) is 46.3 Å². The van der Waals surface area contributed by atoms with Gasteiger partial charge in [-0.1, -0.05) is 0 Å². The van der Waals surface area contributed by atoms with Gasteiger partial charge in [0.15, 0.2) is 0 Å². The zero-order chi connectivity index (χ0) is 5.98. The molecule has 2 N–H and O–H groups in total. The van der Waals surface area contributed by atoms with Crippen molar-refractivity contribution < 1.29 is 25.1 Å². The van der Waals surface area contributed by atoms with Gasteiger partial charge in [0.2, 0.25) is 0 Å². The fourth-order valence-electron chi connectivity index (χ4n) is 0.938. The average Bonchev–Trinajstić information content (AvgIpc) is 2.12. The van der Waals surface area contributed by atoms with Crippen LogP contribution in [0.4, 0.5) is 4.79 Å². The fraction of sp³-hybridized carbons (Fsp3) is 0.800. The first-order valence-electron chi connectivity index (χ1n) is 2.85. The van der Waals surface area contributed by atoms with Crippen LogP contribution in [0.15, 0.2) is 0 Å². The van der Waals surface area contributed by atoms with Crippen molar-refractivity contribution in [3.05, 3.63) is 0 Å². The van der Waals surface area contributed by atoms with Gasteiger partial charge in [-0.15, -0.1) is 0 Å². The molecule has 1 saturated heterocycles. The molecule has 1 fully saturated rings. The van der Waals surface area contributed by atoms with Crippen LogP contribution in [0, 0.1) is 0 Å². The molecule has 0 spiro atoms. The van der Waals surface area contributed by atoms with E-state index in [1.807, 2.05) is 0 Å². The van der Waals surface area contributed by atoms with Crippen molar-refractivity contribution in [2.45, 2.75) is 12.8 Å². The van der Waals surface area contributed by atoms with Gasteiger partial charge < -0.3 is 12.1 Å². The Morgan fingerprint density at radius 3 is 2.11 bits per heavy atom. The number of amides is 2. The molecule has 0 unspecified atom stereocenters. The molecule has 0 radical (unpaired) electrons. The van der Waals surface area contributed by atoms with Crippen LogP contribution in [0.25, 0.3) is 0 Å². The zero-order valence-electron chi connectivity index (χ0n) is 6.76. The molecule has 1 rings (SSSR count). The molecule has 1 aliphatic heterocycles. The predicted molar refractivity (Wildman–Crippen MR) is 31.5 cm³/mol. The van der Waals surface area contributed by atoms with Crippen LogP contribution in [0.2, 0.25) is 0 Å². The van der Waals surface area contributed by atoms with E-state index < -0.39 is 0 Å². The summed E-state index contributed by atoms with van der Waals surface area (Å²) in [6, 6.07) is -0.275. The summed E-state index contributed by atoms with van der Waals surface area (Å²) >= 11 is 0. The van der Waals surface area contributed by atoms with Crippen molar-refractivity contribution >= 4 is 6.03 Å². The molecule has 48 valence electrons. The summed E-state index contributed by atoms with van der Waals surface area (Å²) in [6.07, 6.45) is 2.23. The normalized spacial score (nSPS) is 17.1. The van der Waals surface area contributed by atoms with E-state index in [-0.39, 0.29) is 26.3 Å². The van der Waals surface area contributed by atoms with Crippen molar-refractivity contribution in [2.75, 3.05) is 13.1 Å². The van der Waals surface area contributed by atoms with E-state index in [1.54, 1.807) is 4.90 Å². The van der Waals surface area contributed by atoms with E-state index in [9.17, 15) is 4.79 Å². The number of hydrogen-bond acceptors (Lipinski definition) is 1. The fourth-order valence-corrected chi connectivity index (χ4v) is 0.938. The molecule has 0 bridgehead atoms. The number of likely N-dealkylation sites (tertiary alicyclic amines) is 1. The monoisotopic (exact) mass is 122 g/mol. The second kappa shape index (κ2) is 3.81. The van der Waals surface area contributed by atoms with Crippen LogP contribution in [0.3, 0.4) is 0 Å². The minimum atomic E-state index is -0.275. The minimum Gasteiger partial charge on any atom is -1.00 e. The Bertz CT molecular complexity index is 106. The van der Waals surface area contributed by atoms with E-state index in [4.69, 9.17) is 5.73 Å². The maximum absolute atomic E-state index is 10.3. The van der Waals surface area contributed by atoms with Gasteiger partial charge >= 0.3 is 24.9 Å². The molecule has 1 heterocycles.